The van der Waals surface area contributed by atoms with E-state index in [2.05, 4.69) is 21.2 Å². The lowest BCUT2D eigenvalue weighted by atomic mass is 10.1. The summed E-state index contributed by atoms with van der Waals surface area (Å²) >= 11 is 3.03. The number of likely N-dealkylation sites (N-methyl/N-ethyl adjacent to an activating group) is 1. The van der Waals surface area contributed by atoms with Crippen LogP contribution >= 0.6 is 15.9 Å². The number of ketones is 1. The van der Waals surface area contributed by atoms with E-state index in [1.807, 2.05) is 0 Å². The molecule has 4 heteroatoms. The van der Waals surface area contributed by atoms with Crippen LogP contribution in [0, 0.1) is 5.82 Å². The summed E-state index contributed by atoms with van der Waals surface area (Å²) in [5.74, 6) is -0.546. The zero-order valence-electron chi connectivity index (χ0n) is 7.10. The maximum absolute atomic E-state index is 13.0. The molecule has 1 rings (SSSR count). The van der Waals surface area contributed by atoms with E-state index in [1.54, 1.807) is 13.1 Å². The van der Waals surface area contributed by atoms with Crippen molar-refractivity contribution in [2.24, 2.45) is 0 Å². The number of hydrogen-bond acceptors (Lipinski definition) is 2. The molecule has 1 aromatic rings. The normalized spacial score (nSPS) is 10.1. The van der Waals surface area contributed by atoms with Gasteiger partial charge in [-0.25, -0.2) is 4.39 Å². The zero-order chi connectivity index (χ0) is 9.84. The second kappa shape index (κ2) is 4.48. The fraction of sp³-hybridized carbons (Fsp3) is 0.222. The Labute approximate surface area is 84.3 Å². The number of carbonyl (C=O) groups excluding carboxylic acids is 1. The predicted molar refractivity (Wildman–Crippen MR) is 52.4 cm³/mol. The van der Waals surface area contributed by atoms with Crippen LogP contribution in [0.5, 0.6) is 0 Å². The Hall–Kier alpha value is -0.740. The maximum Gasteiger partial charge on any atom is 0.177 e. The van der Waals surface area contributed by atoms with E-state index in [4.69, 9.17) is 0 Å². The van der Waals surface area contributed by atoms with Gasteiger partial charge in [-0.15, -0.1) is 0 Å². The molecule has 0 bridgehead atoms. The number of carbonyl (C=O) groups is 1. The van der Waals surface area contributed by atoms with Gasteiger partial charge in [0.15, 0.2) is 5.78 Å². The van der Waals surface area contributed by atoms with Crippen molar-refractivity contribution in [1.82, 2.24) is 5.32 Å². The van der Waals surface area contributed by atoms with Gasteiger partial charge in [0.2, 0.25) is 0 Å². The molecule has 0 heterocycles. The molecule has 0 amide bonds. The number of rotatable bonds is 3. The van der Waals surface area contributed by atoms with Crippen LogP contribution < -0.4 is 5.32 Å². The van der Waals surface area contributed by atoms with Gasteiger partial charge in [0.25, 0.3) is 0 Å². The Morgan fingerprint density at radius 1 is 1.62 bits per heavy atom. The Morgan fingerprint density at radius 3 is 2.92 bits per heavy atom. The first-order valence-electron chi connectivity index (χ1n) is 3.78. The minimum Gasteiger partial charge on any atom is -0.313 e. The van der Waals surface area contributed by atoms with E-state index >= 15 is 0 Å². The Balaban J connectivity index is 3.01. The van der Waals surface area contributed by atoms with Crippen molar-refractivity contribution in [2.75, 3.05) is 13.6 Å². The van der Waals surface area contributed by atoms with Gasteiger partial charge in [0, 0.05) is 5.56 Å². The van der Waals surface area contributed by atoms with Crippen LogP contribution in [-0.2, 0) is 0 Å². The number of Topliss-reactive ketones (excluding diaryl/α,β-unsaturated/α-hetero) is 1. The molecule has 0 aliphatic carbocycles. The molecule has 0 saturated heterocycles. The SMILES string of the molecule is CNCC(=O)c1cccc(F)c1Br. The van der Waals surface area contributed by atoms with E-state index in [-0.39, 0.29) is 16.8 Å². The Bertz CT molecular complexity index is 327. The summed E-state index contributed by atoms with van der Waals surface area (Å²) in [5.41, 5.74) is 0.370. The van der Waals surface area contributed by atoms with Crippen molar-refractivity contribution >= 4 is 21.7 Å². The first-order chi connectivity index (χ1) is 6.16. The molecule has 2 nitrogen and oxygen atoms in total. The second-order valence-electron chi connectivity index (χ2n) is 2.55. The van der Waals surface area contributed by atoms with Crippen molar-refractivity contribution < 1.29 is 9.18 Å². The van der Waals surface area contributed by atoms with Gasteiger partial charge < -0.3 is 5.32 Å². The summed E-state index contributed by atoms with van der Waals surface area (Å²) in [4.78, 5) is 11.4. The number of halogens is 2. The van der Waals surface area contributed by atoms with Gasteiger partial charge >= 0.3 is 0 Å². The van der Waals surface area contributed by atoms with Gasteiger partial charge in [-0.3, -0.25) is 4.79 Å². The average molecular weight is 246 g/mol. The maximum atomic E-state index is 13.0. The van der Waals surface area contributed by atoms with Crippen molar-refractivity contribution in [1.29, 1.82) is 0 Å². The highest BCUT2D eigenvalue weighted by Gasteiger charge is 2.11. The van der Waals surface area contributed by atoms with Crippen LogP contribution in [0.15, 0.2) is 22.7 Å². The number of benzene rings is 1. The van der Waals surface area contributed by atoms with Crippen molar-refractivity contribution in [3.8, 4) is 0 Å². The summed E-state index contributed by atoms with van der Waals surface area (Å²) in [6.45, 7) is 0.210. The number of hydrogen-bond donors (Lipinski definition) is 1. The predicted octanol–water partition coefficient (Wildman–Crippen LogP) is 1.99. The second-order valence-corrected chi connectivity index (χ2v) is 3.35. The third-order valence-corrected chi connectivity index (χ3v) is 2.40. The molecule has 0 spiro atoms. The molecular formula is C9H9BrFNO. The molecule has 13 heavy (non-hydrogen) atoms. The fourth-order valence-electron chi connectivity index (χ4n) is 0.975. The van der Waals surface area contributed by atoms with Crippen LogP contribution in [-0.4, -0.2) is 19.4 Å². The molecule has 0 aliphatic heterocycles. The summed E-state index contributed by atoms with van der Waals surface area (Å²) in [7, 11) is 1.67. The molecule has 0 unspecified atom stereocenters. The molecule has 70 valence electrons. The number of nitrogens with one attached hydrogen (secondary N) is 1. The van der Waals surface area contributed by atoms with Gasteiger partial charge in [0.05, 0.1) is 11.0 Å². The van der Waals surface area contributed by atoms with Crippen LogP contribution in [0.4, 0.5) is 4.39 Å². The quantitative estimate of drug-likeness (QED) is 0.826. The minimum atomic E-state index is -0.415. The molecule has 0 fully saturated rings. The molecule has 0 aromatic heterocycles. The summed E-state index contributed by atoms with van der Waals surface area (Å²) in [6.07, 6.45) is 0. The lowest BCUT2D eigenvalue weighted by Crippen LogP contribution is -2.19. The fourth-order valence-corrected chi connectivity index (χ4v) is 1.46. The molecule has 0 atom stereocenters. The van der Waals surface area contributed by atoms with Crippen LogP contribution in [0.25, 0.3) is 0 Å². The lowest BCUT2D eigenvalue weighted by Gasteiger charge is -2.03. The largest absolute Gasteiger partial charge is 0.313 e. The topological polar surface area (TPSA) is 29.1 Å². The summed E-state index contributed by atoms with van der Waals surface area (Å²) in [5, 5.41) is 2.72. The van der Waals surface area contributed by atoms with E-state index in [1.165, 1.54) is 12.1 Å². The molecule has 0 radical (unpaired) electrons. The Morgan fingerprint density at radius 2 is 2.31 bits per heavy atom. The molecular weight excluding hydrogens is 237 g/mol. The summed E-state index contributed by atoms with van der Waals surface area (Å²) < 4.78 is 13.2. The molecule has 1 aromatic carbocycles. The van der Waals surface area contributed by atoms with Gasteiger partial charge in [-0.1, -0.05) is 12.1 Å². The highest BCUT2D eigenvalue weighted by Crippen LogP contribution is 2.20. The molecule has 0 saturated carbocycles. The summed E-state index contributed by atoms with van der Waals surface area (Å²) in [6, 6.07) is 4.41. The highest BCUT2D eigenvalue weighted by molar-refractivity contribution is 9.10. The third-order valence-electron chi connectivity index (χ3n) is 1.59. The first kappa shape index (κ1) is 10.3. The van der Waals surface area contributed by atoms with E-state index in [0.717, 1.165) is 0 Å². The molecule has 0 aliphatic rings. The Kier molecular flexibility index (Phi) is 3.57. The van der Waals surface area contributed by atoms with Crippen LogP contribution in [0.2, 0.25) is 0 Å². The van der Waals surface area contributed by atoms with Gasteiger partial charge in [-0.2, -0.15) is 0 Å². The van der Waals surface area contributed by atoms with Gasteiger partial charge in [0.1, 0.15) is 5.82 Å². The lowest BCUT2D eigenvalue weighted by molar-refractivity contribution is 0.0992. The van der Waals surface area contributed by atoms with Crippen molar-refractivity contribution in [3.05, 3.63) is 34.1 Å². The van der Waals surface area contributed by atoms with Crippen LogP contribution in [0.3, 0.4) is 0 Å². The van der Waals surface area contributed by atoms with E-state index in [0.29, 0.717) is 5.56 Å². The minimum absolute atomic E-state index is 0.131. The first-order valence-corrected chi connectivity index (χ1v) is 4.58. The van der Waals surface area contributed by atoms with Crippen molar-refractivity contribution in [3.63, 3.8) is 0 Å². The average Bonchev–Trinajstić information content (AvgIpc) is 2.10. The monoisotopic (exact) mass is 245 g/mol. The van der Waals surface area contributed by atoms with E-state index in [9.17, 15) is 9.18 Å². The highest BCUT2D eigenvalue weighted by atomic mass is 79.9. The van der Waals surface area contributed by atoms with E-state index < -0.39 is 5.82 Å². The molecule has 1 N–H and O–H groups in total. The van der Waals surface area contributed by atoms with Crippen molar-refractivity contribution in [2.45, 2.75) is 0 Å². The third kappa shape index (κ3) is 2.35. The standard InChI is InChI=1S/C9H9BrFNO/c1-12-5-8(13)6-3-2-4-7(11)9(6)10/h2-4,12H,5H2,1H3. The van der Waals surface area contributed by atoms with Crippen LogP contribution in [0.1, 0.15) is 10.4 Å². The zero-order valence-corrected chi connectivity index (χ0v) is 8.69. The van der Waals surface area contributed by atoms with Gasteiger partial charge in [-0.05, 0) is 29.0 Å². The smallest absolute Gasteiger partial charge is 0.177 e.